The van der Waals surface area contributed by atoms with Gasteiger partial charge in [0, 0.05) is 22.6 Å². The molecule has 0 spiro atoms. The third-order valence-corrected chi connectivity index (χ3v) is 6.15. The van der Waals surface area contributed by atoms with E-state index in [1.54, 1.807) is 0 Å². The van der Waals surface area contributed by atoms with Crippen molar-refractivity contribution in [3.8, 4) is 0 Å². The first-order valence-corrected chi connectivity index (χ1v) is 9.35. The minimum Gasteiger partial charge on any atom is -0.326 e. The topological polar surface area (TPSA) is 63.4 Å². The molecule has 112 valence electrons. The predicted molar refractivity (Wildman–Crippen MR) is 85.4 cm³/mol. The van der Waals surface area contributed by atoms with E-state index < -0.39 is 9.84 Å². The summed E-state index contributed by atoms with van der Waals surface area (Å²) in [5.74, 6) is 0.521. The summed E-state index contributed by atoms with van der Waals surface area (Å²) in [6, 6.07) is 8.04. The molecule has 0 saturated carbocycles. The summed E-state index contributed by atoms with van der Waals surface area (Å²) in [6.07, 6.45) is 0.691. The third-order valence-electron chi connectivity index (χ3n) is 3.91. The van der Waals surface area contributed by atoms with Crippen LogP contribution in [0, 0.1) is 0 Å². The SMILES string of the molecule is CC(N)C(c1cccc(Br)c1)N(C)C1CCS(=O)(=O)C1. The number of rotatable bonds is 4. The van der Waals surface area contributed by atoms with E-state index >= 15 is 0 Å². The van der Waals surface area contributed by atoms with E-state index in [2.05, 4.69) is 20.8 Å². The van der Waals surface area contributed by atoms with Gasteiger partial charge in [-0.3, -0.25) is 4.90 Å². The Hall–Kier alpha value is -0.430. The summed E-state index contributed by atoms with van der Waals surface area (Å²) in [4.78, 5) is 2.12. The first-order valence-electron chi connectivity index (χ1n) is 6.73. The molecule has 1 saturated heterocycles. The Morgan fingerprint density at radius 2 is 2.15 bits per heavy atom. The van der Waals surface area contributed by atoms with Crippen molar-refractivity contribution >= 4 is 25.8 Å². The number of hydrogen-bond acceptors (Lipinski definition) is 4. The lowest BCUT2D eigenvalue weighted by molar-refractivity contribution is 0.168. The Morgan fingerprint density at radius 1 is 1.45 bits per heavy atom. The standard InChI is InChI=1S/C14H21BrN2O2S/c1-10(16)14(11-4-3-5-12(15)8-11)17(2)13-6-7-20(18,19)9-13/h3-5,8,10,13-14H,6-7,9,16H2,1-2H3. The second-order valence-corrected chi connectivity index (χ2v) is 8.73. The van der Waals surface area contributed by atoms with Gasteiger partial charge in [-0.05, 0) is 38.1 Å². The van der Waals surface area contributed by atoms with Gasteiger partial charge in [-0.1, -0.05) is 28.1 Å². The zero-order chi connectivity index (χ0) is 14.9. The molecule has 2 rings (SSSR count). The fourth-order valence-electron chi connectivity index (χ4n) is 2.92. The van der Waals surface area contributed by atoms with Gasteiger partial charge in [-0.15, -0.1) is 0 Å². The summed E-state index contributed by atoms with van der Waals surface area (Å²) in [6.45, 7) is 1.96. The Bertz CT molecular complexity index is 574. The Morgan fingerprint density at radius 3 is 2.65 bits per heavy atom. The molecule has 0 aromatic heterocycles. The van der Waals surface area contributed by atoms with Crippen molar-refractivity contribution in [1.29, 1.82) is 0 Å². The van der Waals surface area contributed by atoms with Crippen LogP contribution in [-0.4, -0.2) is 44.0 Å². The van der Waals surface area contributed by atoms with E-state index in [-0.39, 0.29) is 29.6 Å². The van der Waals surface area contributed by atoms with E-state index in [0.717, 1.165) is 10.0 Å². The lowest BCUT2D eigenvalue weighted by Gasteiger charge is -2.35. The summed E-state index contributed by atoms with van der Waals surface area (Å²) in [5.41, 5.74) is 7.26. The molecule has 2 N–H and O–H groups in total. The molecule has 4 nitrogen and oxygen atoms in total. The van der Waals surface area contributed by atoms with Crippen LogP contribution >= 0.6 is 15.9 Å². The number of benzene rings is 1. The molecule has 20 heavy (non-hydrogen) atoms. The summed E-state index contributed by atoms with van der Waals surface area (Å²) in [7, 11) is -0.909. The maximum absolute atomic E-state index is 11.7. The van der Waals surface area contributed by atoms with Gasteiger partial charge >= 0.3 is 0 Å². The van der Waals surface area contributed by atoms with Crippen LogP contribution in [0.15, 0.2) is 28.7 Å². The molecular weight excluding hydrogens is 340 g/mol. The molecule has 0 aliphatic carbocycles. The van der Waals surface area contributed by atoms with E-state index in [4.69, 9.17) is 5.73 Å². The lowest BCUT2D eigenvalue weighted by Crippen LogP contribution is -2.43. The van der Waals surface area contributed by atoms with Crippen LogP contribution in [0.5, 0.6) is 0 Å². The van der Waals surface area contributed by atoms with Gasteiger partial charge in [0.25, 0.3) is 0 Å². The fourth-order valence-corrected chi connectivity index (χ4v) is 5.13. The second kappa shape index (κ2) is 6.13. The number of halogens is 1. The Balaban J connectivity index is 2.25. The Labute approximate surface area is 129 Å². The molecule has 3 atom stereocenters. The van der Waals surface area contributed by atoms with Crippen molar-refractivity contribution < 1.29 is 8.42 Å². The van der Waals surface area contributed by atoms with Gasteiger partial charge < -0.3 is 5.73 Å². The van der Waals surface area contributed by atoms with E-state index in [1.165, 1.54) is 0 Å². The van der Waals surface area contributed by atoms with Crippen molar-refractivity contribution in [3.63, 3.8) is 0 Å². The van der Waals surface area contributed by atoms with Crippen LogP contribution in [0.2, 0.25) is 0 Å². The van der Waals surface area contributed by atoms with Crippen molar-refractivity contribution in [2.75, 3.05) is 18.6 Å². The van der Waals surface area contributed by atoms with Crippen LogP contribution in [0.25, 0.3) is 0 Å². The third kappa shape index (κ3) is 3.61. The highest BCUT2D eigenvalue weighted by molar-refractivity contribution is 9.10. The average Bonchev–Trinajstić information content (AvgIpc) is 2.69. The molecule has 1 heterocycles. The van der Waals surface area contributed by atoms with Crippen molar-refractivity contribution in [2.24, 2.45) is 5.73 Å². The molecule has 3 unspecified atom stereocenters. The summed E-state index contributed by atoms with van der Waals surface area (Å²) < 4.78 is 24.3. The largest absolute Gasteiger partial charge is 0.326 e. The van der Waals surface area contributed by atoms with Crippen molar-refractivity contribution in [2.45, 2.75) is 31.5 Å². The zero-order valence-corrected chi connectivity index (χ0v) is 14.2. The van der Waals surface area contributed by atoms with E-state index in [9.17, 15) is 8.42 Å². The Kier molecular flexibility index (Phi) is 4.89. The van der Waals surface area contributed by atoms with Crippen molar-refractivity contribution in [1.82, 2.24) is 4.90 Å². The highest BCUT2D eigenvalue weighted by Crippen LogP contribution is 2.29. The van der Waals surface area contributed by atoms with Gasteiger partial charge in [0.2, 0.25) is 0 Å². The molecule has 1 aliphatic heterocycles. The summed E-state index contributed by atoms with van der Waals surface area (Å²) >= 11 is 3.48. The fraction of sp³-hybridized carbons (Fsp3) is 0.571. The molecule has 0 bridgehead atoms. The van der Waals surface area contributed by atoms with Gasteiger partial charge in [-0.2, -0.15) is 0 Å². The maximum atomic E-state index is 11.7. The van der Waals surface area contributed by atoms with E-state index in [1.807, 2.05) is 38.2 Å². The van der Waals surface area contributed by atoms with Crippen LogP contribution in [0.3, 0.4) is 0 Å². The predicted octanol–water partition coefficient (Wildman–Crippen LogP) is 1.96. The van der Waals surface area contributed by atoms with Crippen LogP contribution in [0.4, 0.5) is 0 Å². The monoisotopic (exact) mass is 360 g/mol. The molecule has 0 amide bonds. The van der Waals surface area contributed by atoms with Crippen LogP contribution in [0.1, 0.15) is 24.9 Å². The normalized spacial score (nSPS) is 24.8. The van der Waals surface area contributed by atoms with Crippen LogP contribution < -0.4 is 5.73 Å². The number of nitrogens with two attached hydrogens (primary N) is 1. The molecule has 1 fully saturated rings. The molecule has 1 aromatic rings. The minimum atomic E-state index is -2.88. The summed E-state index contributed by atoms with van der Waals surface area (Å²) in [5, 5.41) is 0. The van der Waals surface area contributed by atoms with Crippen molar-refractivity contribution in [3.05, 3.63) is 34.3 Å². The van der Waals surface area contributed by atoms with Gasteiger partial charge in [0.1, 0.15) is 0 Å². The smallest absolute Gasteiger partial charge is 0.151 e. The second-order valence-electron chi connectivity index (χ2n) is 5.58. The number of sulfone groups is 1. The minimum absolute atomic E-state index is 0.0193. The number of likely N-dealkylation sites (N-methyl/N-ethyl adjacent to an activating group) is 1. The molecule has 6 heteroatoms. The van der Waals surface area contributed by atoms with Gasteiger partial charge in [0.05, 0.1) is 11.5 Å². The van der Waals surface area contributed by atoms with E-state index in [0.29, 0.717) is 6.42 Å². The highest BCUT2D eigenvalue weighted by atomic mass is 79.9. The first kappa shape index (κ1) is 15.9. The van der Waals surface area contributed by atoms with Gasteiger partial charge in [0.15, 0.2) is 9.84 Å². The lowest BCUT2D eigenvalue weighted by atomic mass is 9.98. The quantitative estimate of drug-likeness (QED) is 0.891. The number of hydrogen-bond donors (Lipinski definition) is 1. The first-order chi connectivity index (χ1) is 9.30. The maximum Gasteiger partial charge on any atom is 0.151 e. The van der Waals surface area contributed by atoms with Crippen LogP contribution in [-0.2, 0) is 9.84 Å². The molecule has 1 aliphatic rings. The zero-order valence-electron chi connectivity index (χ0n) is 11.8. The highest BCUT2D eigenvalue weighted by Gasteiger charge is 2.35. The molecular formula is C14H21BrN2O2S. The average molecular weight is 361 g/mol. The number of nitrogens with zero attached hydrogens (tertiary/aromatic N) is 1. The van der Waals surface area contributed by atoms with Gasteiger partial charge in [-0.25, -0.2) is 8.42 Å². The molecule has 1 aromatic carbocycles. The molecule has 0 radical (unpaired) electrons.